The topological polar surface area (TPSA) is 64.7 Å². The number of nitrogens with zero attached hydrogens (tertiary/aromatic N) is 2. The van der Waals surface area contributed by atoms with Gasteiger partial charge in [0.25, 0.3) is 0 Å². The van der Waals surface area contributed by atoms with Gasteiger partial charge >= 0.3 is 12.1 Å². The minimum Gasteiger partial charge on any atom is -0.321 e. The second kappa shape index (κ2) is 9.30. The molecule has 0 spiro atoms. The van der Waals surface area contributed by atoms with E-state index >= 15 is 0 Å². The molecule has 1 saturated heterocycles. The molecule has 1 fully saturated rings. The Morgan fingerprint density at radius 1 is 0.828 bits per heavy atom. The number of hydrogen-bond acceptors (Lipinski definition) is 2. The minimum atomic E-state index is -0.264. The quantitative estimate of drug-likeness (QED) is 0.553. The number of rotatable bonds is 2. The summed E-state index contributed by atoms with van der Waals surface area (Å²) in [6.45, 7) is 3.06. The van der Waals surface area contributed by atoms with Crippen LogP contribution in [0.4, 0.5) is 21.0 Å². The molecule has 0 radical (unpaired) electrons. The Morgan fingerprint density at radius 3 is 1.83 bits per heavy atom. The molecule has 2 aromatic carbocycles. The highest BCUT2D eigenvalue weighted by Crippen LogP contribution is 2.26. The highest BCUT2D eigenvalue weighted by atomic mass is 35.5. The van der Waals surface area contributed by atoms with E-state index in [2.05, 4.69) is 10.6 Å². The van der Waals surface area contributed by atoms with Gasteiger partial charge in [-0.25, -0.2) is 9.59 Å². The Bertz CT molecular complexity index is 940. The number of benzene rings is 2. The van der Waals surface area contributed by atoms with Crippen molar-refractivity contribution in [3.05, 3.63) is 56.5 Å². The number of amides is 4. The van der Waals surface area contributed by atoms with Crippen molar-refractivity contribution in [2.75, 3.05) is 30.3 Å². The maximum Gasteiger partial charge on any atom is 0.322 e. The summed E-state index contributed by atoms with van der Waals surface area (Å²) in [7, 11) is 0. The van der Waals surface area contributed by atoms with Crippen molar-refractivity contribution in [1.82, 2.24) is 9.80 Å². The summed E-state index contributed by atoms with van der Waals surface area (Å²) in [5.74, 6) is 0. The van der Waals surface area contributed by atoms with Crippen LogP contribution in [0.3, 0.4) is 0 Å². The largest absolute Gasteiger partial charge is 0.322 e. The average Bonchev–Trinajstić information content (AvgIpc) is 2.67. The van der Waals surface area contributed by atoms with Gasteiger partial charge in [0.1, 0.15) is 0 Å². The molecule has 6 nitrogen and oxygen atoms in total. The summed E-state index contributed by atoms with van der Waals surface area (Å²) < 4.78 is 0. The third-order valence-electron chi connectivity index (χ3n) is 4.52. The normalized spacial score (nSPS) is 16.5. The molecule has 3 rings (SSSR count). The monoisotopic (exact) mass is 474 g/mol. The molecule has 2 aromatic rings. The first-order chi connectivity index (χ1) is 13.7. The molecule has 1 atom stereocenters. The number of nitrogens with one attached hydrogen (secondary N) is 2. The van der Waals surface area contributed by atoms with Gasteiger partial charge in [0.05, 0.1) is 20.1 Å². The second-order valence-electron chi connectivity index (χ2n) is 6.61. The summed E-state index contributed by atoms with van der Waals surface area (Å²) in [5.41, 5.74) is 1.10. The Kier molecular flexibility index (Phi) is 7.01. The van der Waals surface area contributed by atoms with Crippen LogP contribution < -0.4 is 10.6 Å². The van der Waals surface area contributed by atoms with Crippen LogP contribution in [-0.4, -0.2) is 47.5 Å². The summed E-state index contributed by atoms with van der Waals surface area (Å²) in [5, 5.41) is 7.15. The number of piperazine rings is 1. The molecular formula is C19H18Cl4N4O2. The van der Waals surface area contributed by atoms with E-state index in [1.54, 1.807) is 46.2 Å². The number of hydrogen-bond donors (Lipinski definition) is 2. The van der Waals surface area contributed by atoms with Crippen molar-refractivity contribution < 1.29 is 9.59 Å². The molecule has 1 aliphatic heterocycles. The Labute approximate surface area is 188 Å². The molecule has 1 heterocycles. The van der Waals surface area contributed by atoms with E-state index in [1.165, 1.54) is 0 Å². The molecule has 0 aliphatic carbocycles. The average molecular weight is 476 g/mol. The second-order valence-corrected chi connectivity index (χ2v) is 8.24. The first-order valence-electron chi connectivity index (χ1n) is 8.78. The summed E-state index contributed by atoms with van der Waals surface area (Å²) in [6.07, 6.45) is 0. The van der Waals surface area contributed by atoms with E-state index in [4.69, 9.17) is 46.4 Å². The van der Waals surface area contributed by atoms with Gasteiger partial charge in [-0.05, 0) is 43.3 Å². The zero-order valence-corrected chi connectivity index (χ0v) is 18.4. The molecule has 0 saturated carbocycles. The zero-order valence-electron chi connectivity index (χ0n) is 15.4. The Balaban J connectivity index is 1.57. The van der Waals surface area contributed by atoms with E-state index in [0.717, 1.165) is 0 Å². The first kappa shape index (κ1) is 21.8. The number of carbonyl (C=O) groups excluding carboxylic acids is 2. The van der Waals surface area contributed by atoms with Gasteiger partial charge in [0.2, 0.25) is 0 Å². The fourth-order valence-corrected chi connectivity index (χ4v) is 3.59. The van der Waals surface area contributed by atoms with E-state index < -0.39 is 0 Å². The lowest BCUT2D eigenvalue weighted by atomic mass is 10.2. The molecule has 2 N–H and O–H groups in total. The predicted molar refractivity (Wildman–Crippen MR) is 119 cm³/mol. The van der Waals surface area contributed by atoms with E-state index in [0.29, 0.717) is 51.1 Å². The Hall–Kier alpha value is -1.86. The number of urea groups is 2. The van der Waals surface area contributed by atoms with Crippen LogP contribution in [0.25, 0.3) is 0 Å². The number of halogens is 4. The van der Waals surface area contributed by atoms with E-state index in [1.807, 2.05) is 6.92 Å². The van der Waals surface area contributed by atoms with Crippen molar-refractivity contribution in [2.45, 2.75) is 13.0 Å². The van der Waals surface area contributed by atoms with Crippen LogP contribution in [0, 0.1) is 0 Å². The highest BCUT2D eigenvalue weighted by molar-refractivity contribution is 6.42. The molecule has 1 unspecified atom stereocenters. The first-order valence-corrected chi connectivity index (χ1v) is 10.3. The highest BCUT2D eigenvalue weighted by Gasteiger charge is 2.30. The van der Waals surface area contributed by atoms with Gasteiger partial charge in [-0.2, -0.15) is 0 Å². The van der Waals surface area contributed by atoms with Gasteiger partial charge in [-0.1, -0.05) is 46.4 Å². The van der Waals surface area contributed by atoms with Crippen molar-refractivity contribution in [1.29, 1.82) is 0 Å². The molecule has 10 heteroatoms. The minimum absolute atomic E-state index is 0.175. The number of anilines is 2. The third kappa shape index (κ3) is 5.39. The molecule has 0 aromatic heterocycles. The lowest BCUT2D eigenvalue weighted by molar-refractivity contribution is 0.124. The van der Waals surface area contributed by atoms with Crippen LogP contribution in [0.1, 0.15) is 6.92 Å². The van der Waals surface area contributed by atoms with Crippen LogP contribution in [-0.2, 0) is 0 Å². The standard InChI is InChI=1S/C19H18Cl4N4O2/c1-11-10-26(18(28)24-12-2-4-14(20)16(22)8-12)6-7-27(11)19(29)25-13-3-5-15(21)17(23)9-13/h2-5,8-9,11H,6-7,10H2,1H3,(H,24,28)(H,25,29). The SMILES string of the molecule is CC1CN(C(=O)Nc2ccc(Cl)c(Cl)c2)CCN1C(=O)Nc1ccc(Cl)c(Cl)c1. The van der Waals surface area contributed by atoms with Crippen molar-refractivity contribution in [2.24, 2.45) is 0 Å². The van der Waals surface area contributed by atoms with Crippen LogP contribution in [0.5, 0.6) is 0 Å². The lowest BCUT2D eigenvalue weighted by Crippen LogP contribution is -2.57. The van der Waals surface area contributed by atoms with Crippen molar-refractivity contribution >= 4 is 69.8 Å². The van der Waals surface area contributed by atoms with Crippen LogP contribution in [0.2, 0.25) is 20.1 Å². The van der Waals surface area contributed by atoms with Gasteiger partial charge < -0.3 is 20.4 Å². The maximum absolute atomic E-state index is 12.6. The summed E-state index contributed by atoms with van der Waals surface area (Å²) >= 11 is 23.8. The fraction of sp³-hybridized carbons (Fsp3) is 0.263. The third-order valence-corrected chi connectivity index (χ3v) is 6.00. The van der Waals surface area contributed by atoms with Gasteiger partial charge in [-0.3, -0.25) is 0 Å². The lowest BCUT2D eigenvalue weighted by Gasteiger charge is -2.39. The predicted octanol–water partition coefficient (Wildman–Crippen LogP) is 6.07. The van der Waals surface area contributed by atoms with Crippen molar-refractivity contribution in [3.8, 4) is 0 Å². The van der Waals surface area contributed by atoms with Gasteiger partial charge in [0, 0.05) is 37.1 Å². The fourth-order valence-electron chi connectivity index (χ4n) is 2.99. The summed E-state index contributed by atoms with van der Waals surface area (Å²) in [4.78, 5) is 28.5. The number of carbonyl (C=O) groups is 2. The smallest absolute Gasteiger partial charge is 0.321 e. The molecule has 1 aliphatic rings. The summed E-state index contributed by atoms with van der Waals surface area (Å²) in [6, 6.07) is 9.07. The Morgan fingerprint density at radius 2 is 1.34 bits per heavy atom. The van der Waals surface area contributed by atoms with Crippen LogP contribution >= 0.6 is 46.4 Å². The van der Waals surface area contributed by atoms with E-state index in [9.17, 15) is 9.59 Å². The molecule has 0 bridgehead atoms. The molecule has 29 heavy (non-hydrogen) atoms. The van der Waals surface area contributed by atoms with Crippen molar-refractivity contribution in [3.63, 3.8) is 0 Å². The zero-order chi connectivity index (χ0) is 21.1. The van der Waals surface area contributed by atoms with Gasteiger partial charge in [-0.15, -0.1) is 0 Å². The van der Waals surface area contributed by atoms with E-state index in [-0.39, 0.29) is 18.1 Å². The molecular weight excluding hydrogens is 458 g/mol. The van der Waals surface area contributed by atoms with Gasteiger partial charge in [0.15, 0.2) is 0 Å². The van der Waals surface area contributed by atoms with Crippen LogP contribution in [0.15, 0.2) is 36.4 Å². The maximum atomic E-state index is 12.6. The molecule has 154 valence electrons. The molecule has 4 amide bonds.